The molecule has 1 N–H and O–H groups in total. The molecule has 4 nitrogen and oxygen atoms in total. The van der Waals surface area contributed by atoms with Crippen LogP contribution in [-0.2, 0) is 11.2 Å². The van der Waals surface area contributed by atoms with E-state index in [0.29, 0.717) is 17.3 Å². The Kier molecular flexibility index (Phi) is 4.26. The Bertz CT molecular complexity index is 595. The van der Waals surface area contributed by atoms with Crippen molar-refractivity contribution in [2.75, 3.05) is 6.54 Å². The van der Waals surface area contributed by atoms with Gasteiger partial charge in [-0.15, -0.1) is 11.3 Å². The maximum Gasteiger partial charge on any atom is 0.326 e. The Morgan fingerprint density at radius 2 is 2.18 bits per heavy atom. The molecule has 1 saturated carbocycles. The van der Waals surface area contributed by atoms with E-state index in [-0.39, 0.29) is 11.8 Å². The molecular weight excluding hydrogens is 298 g/mol. The second kappa shape index (κ2) is 6.03. The molecule has 1 aromatic rings. The lowest BCUT2D eigenvalue weighted by atomic mass is 9.94. The fraction of sp³-hybridized carbons (Fsp3) is 0.647. The van der Waals surface area contributed by atoms with Gasteiger partial charge in [0.1, 0.15) is 6.04 Å². The summed E-state index contributed by atoms with van der Waals surface area (Å²) in [6.45, 7) is 4.78. The number of carbonyl (C=O) groups is 2. The molecule has 2 aliphatic rings. The van der Waals surface area contributed by atoms with E-state index in [0.717, 1.165) is 32.1 Å². The van der Waals surface area contributed by atoms with E-state index in [1.165, 1.54) is 21.8 Å². The Morgan fingerprint density at radius 1 is 1.41 bits per heavy atom. The average molecular weight is 321 g/mol. The summed E-state index contributed by atoms with van der Waals surface area (Å²) < 4.78 is 0. The zero-order valence-corrected chi connectivity index (χ0v) is 14.0. The standard InChI is InChI=1S/C17H23NO3S/c1-3-5-11-8-14(22-10(11)2)16(19)18-9-12-6-4-7-13(12)15(18)17(20)21/h8,12-13,15H,3-7,9H2,1-2H3,(H,20,21). The highest BCUT2D eigenvalue weighted by molar-refractivity contribution is 7.14. The fourth-order valence-electron chi connectivity index (χ4n) is 4.12. The minimum absolute atomic E-state index is 0.0859. The molecule has 2 heterocycles. The predicted octanol–water partition coefficient (Wildman–Crippen LogP) is 3.33. The third kappa shape index (κ3) is 2.56. The van der Waals surface area contributed by atoms with E-state index in [4.69, 9.17) is 0 Å². The third-order valence-electron chi connectivity index (χ3n) is 5.15. The summed E-state index contributed by atoms with van der Waals surface area (Å²) in [6, 6.07) is 1.34. The molecular formula is C17H23NO3S. The Morgan fingerprint density at radius 3 is 2.86 bits per heavy atom. The predicted molar refractivity (Wildman–Crippen MR) is 86.3 cm³/mol. The van der Waals surface area contributed by atoms with Gasteiger partial charge in [0, 0.05) is 11.4 Å². The second-order valence-corrected chi connectivity index (χ2v) is 7.79. The number of carboxylic acid groups (broad SMARTS) is 1. The lowest BCUT2D eigenvalue weighted by Gasteiger charge is -2.23. The lowest BCUT2D eigenvalue weighted by molar-refractivity contribution is -0.142. The molecule has 1 aliphatic heterocycles. The molecule has 5 heteroatoms. The summed E-state index contributed by atoms with van der Waals surface area (Å²) in [5, 5.41) is 9.58. The number of carboxylic acids is 1. The van der Waals surface area contributed by atoms with Crippen LogP contribution in [0.15, 0.2) is 6.07 Å². The van der Waals surface area contributed by atoms with Gasteiger partial charge in [-0.2, -0.15) is 0 Å². The lowest BCUT2D eigenvalue weighted by Crippen LogP contribution is -2.43. The number of aliphatic carboxylic acids is 1. The molecule has 120 valence electrons. The number of hydrogen-bond acceptors (Lipinski definition) is 3. The molecule has 1 aromatic heterocycles. The minimum atomic E-state index is -0.843. The third-order valence-corrected chi connectivity index (χ3v) is 6.24. The van der Waals surface area contributed by atoms with Crippen LogP contribution < -0.4 is 0 Å². The first kappa shape index (κ1) is 15.5. The van der Waals surface area contributed by atoms with Crippen LogP contribution in [0, 0.1) is 18.8 Å². The molecule has 1 saturated heterocycles. The van der Waals surface area contributed by atoms with E-state index in [1.54, 1.807) is 4.90 Å². The van der Waals surface area contributed by atoms with Crippen LogP contribution in [0.25, 0.3) is 0 Å². The van der Waals surface area contributed by atoms with Gasteiger partial charge >= 0.3 is 5.97 Å². The summed E-state index contributed by atoms with van der Waals surface area (Å²) >= 11 is 1.51. The number of hydrogen-bond donors (Lipinski definition) is 1. The molecule has 0 spiro atoms. The van der Waals surface area contributed by atoms with Crippen molar-refractivity contribution >= 4 is 23.2 Å². The number of amides is 1. The normalized spacial score (nSPS) is 27.2. The first-order valence-electron chi connectivity index (χ1n) is 8.16. The topological polar surface area (TPSA) is 57.6 Å². The van der Waals surface area contributed by atoms with Crippen LogP contribution >= 0.6 is 11.3 Å². The van der Waals surface area contributed by atoms with Gasteiger partial charge in [0.25, 0.3) is 5.91 Å². The zero-order chi connectivity index (χ0) is 15.9. The van der Waals surface area contributed by atoms with E-state index in [1.807, 2.05) is 13.0 Å². The van der Waals surface area contributed by atoms with E-state index in [9.17, 15) is 14.7 Å². The second-order valence-electron chi connectivity index (χ2n) is 6.54. The number of aryl methyl sites for hydroxylation is 2. The summed E-state index contributed by atoms with van der Waals surface area (Å²) in [7, 11) is 0. The molecule has 0 radical (unpaired) electrons. The SMILES string of the molecule is CCCc1cc(C(=O)N2CC3CCCC3C2C(=O)O)sc1C. The largest absolute Gasteiger partial charge is 0.480 e. The molecule has 3 rings (SSSR count). The van der Waals surface area contributed by atoms with Gasteiger partial charge in [0.2, 0.25) is 0 Å². The Hall–Kier alpha value is -1.36. The maximum absolute atomic E-state index is 12.8. The summed E-state index contributed by atoms with van der Waals surface area (Å²) in [4.78, 5) is 28.0. The minimum Gasteiger partial charge on any atom is -0.480 e. The van der Waals surface area contributed by atoms with Crippen molar-refractivity contribution in [1.82, 2.24) is 4.90 Å². The van der Waals surface area contributed by atoms with E-state index >= 15 is 0 Å². The number of nitrogens with zero attached hydrogens (tertiary/aromatic N) is 1. The fourth-order valence-corrected chi connectivity index (χ4v) is 5.14. The zero-order valence-electron chi connectivity index (χ0n) is 13.2. The smallest absolute Gasteiger partial charge is 0.326 e. The molecule has 0 aromatic carbocycles. The van der Waals surface area contributed by atoms with Crippen LogP contribution in [0.1, 0.15) is 52.7 Å². The van der Waals surface area contributed by atoms with Crippen LogP contribution in [-0.4, -0.2) is 34.5 Å². The number of rotatable bonds is 4. The first-order chi connectivity index (χ1) is 10.5. The van der Waals surface area contributed by atoms with Gasteiger partial charge in [-0.05, 0) is 49.7 Å². The van der Waals surface area contributed by atoms with Gasteiger partial charge in [0.05, 0.1) is 4.88 Å². The number of carbonyl (C=O) groups excluding carboxylic acids is 1. The van der Waals surface area contributed by atoms with Crippen molar-refractivity contribution in [2.45, 2.75) is 52.0 Å². The van der Waals surface area contributed by atoms with Crippen molar-refractivity contribution in [2.24, 2.45) is 11.8 Å². The van der Waals surface area contributed by atoms with Gasteiger partial charge in [-0.1, -0.05) is 19.8 Å². The van der Waals surface area contributed by atoms with Crippen molar-refractivity contribution in [1.29, 1.82) is 0 Å². The molecule has 2 fully saturated rings. The highest BCUT2D eigenvalue weighted by atomic mass is 32.1. The van der Waals surface area contributed by atoms with Gasteiger partial charge in [-0.3, -0.25) is 4.79 Å². The van der Waals surface area contributed by atoms with E-state index in [2.05, 4.69) is 6.92 Å². The molecule has 1 amide bonds. The van der Waals surface area contributed by atoms with Crippen molar-refractivity contribution < 1.29 is 14.7 Å². The number of thiophene rings is 1. The van der Waals surface area contributed by atoms with Crippen LogP contribution in [0.5, 0.6) is 0 Å². The highest BCUT2D eigenvalue weighted by Gasteiger charge is 2.49. The maximum atomic E-state index is 12.8. The van der Waals surface area contributed by atoms with Crippen LogP contribution in [0.2, 0.25) is 0 Å². The summed E-state index contributed by atoms with van der Waals surface area (Å²) in [5.41, 5.74) is 1.22. The first-order valence-corrected chi connectivity index (χ1v) is 8.97. The van der Waals surface area contributed by atoms with Gasteiger partial charge in [-0.25, -0.2) is 4.79 Å². The average Bonchev–Trinajstić information content (AvgIpc) is 3.12. The van der Waals surface area contributed by atoms with E-state index < -0.39 is 12.0 Å². The molecule has 0 bridgehead atoms. The number of fused-ring (bicyclic) bond motifs is 1. The van der Waals surface area contributed by atoms with Crippen LogP contribution in [0.4, 0.5) is 0 Å². The van der Waals surface area contributed by atoms with Crippen LogP contribution in [0.3, 0.4) is 0 Å². The highest BCUT2D eigenvalue weighted by Crippen LogP contribution is 2.43. The van der Waals surface area contributed by atoms with Crippen molar-refractivity contribution in [3.8, 4) is 0 Å². The number of likely N-dealkylation sites (tertiary alicyclic amines) is 1. The Balaban J connectivity index is 1.85. The molecule has 1 aliphatic carbocycles. The molecule has 3 unspecified atom stereocenters. The summed E-state index contributed by atoms with van der Waals surface area (Å²) in [5.74, 6) is -0.402. The molecule has 3 atom stereocenters. The quantitative estimate of drug-likeness (QED) is 0.925. The summed E-state index contributed by atoms with van der Waals surface area (Å²) in [6.07, 6.45) is 5.12. The van der Waals surface area contributed by atoms with Crippen molar-refractivity contribution in [3.63, 3.8) is 0 Å². The van der Waals surface area contributed by atoms with Gasteiger partial charge < -0.3 is 10.0 Å². The van der Waals surface area contributed by atoms with Crippen molar-refractivity contribution in [3.05, 3.63) is 21.4 Å². The Labute approximate surface area is 135 Å². The van der Waals surface area contributed by atoms with Gasteiger partial charge in [0.15, 0.2) is 0 Å². The monoisotopic (exact) mass is 321 g/mol. The molecule has 22 heavy (non-hydrogen) atoms.